The molecule has 0 aliphatic rings. The van der Waals surface area contributed by atoms with Gasteiger partial charge in [0.1, 0.15) is 5.75 Å². The normalized spacial score (nSPS) is 12.7. The monoisotopic (exact) mass is 562 g/mol. The van der Waals surface area contributed by atoms with Crippen LogP contribution in [-0.4, -0.2) is 20.4 Å². The van der Waals surface area contributed by atoms with Gasteiger partial charge in [0.25, 0.3) is 15.9 Å². The van der Waals surface area contributed by atoms with Crippen molar-refractivity contribution in [1.82, 2.24) is 0 Å². The zero-order valence-electron chi connectivity index (χ0n) is 19.9. The number of nitrogens with one attached hydrogen (secondary N) is 2. The Labute approximate surface area is 222 Å². The van der Waals surface area contributed by atoms with Crippen LogP contribution in [0.3, 0.4) is 0 Å². The molecule has 38 heavy (non-hydrogen) atoms. The molecule has 0 aliphatic heterocycles. The van der Waals surface area contributed by atoms with E-state index >= 15 is 0 Å². The average Bonchev–Trinajstić information content (AvgIpc) is 2.87. The fourth-order valence-electron chi connectivity index (χ4n) is 3.69. The van der Waals surface area contributed by atoms with E-state index in [0.717, 1.165) is 22.9 Å². The van der Waals surface area contributed by atoms with Gasteiger partial charge in [-0.25, -0.2) is 8.42 Å². The second-order valence-electron chi connectivity index (χ2n) is 8.34. The Hall–Kier alpha value is -3.76. The van der Waals surface area contributed by atoms with E-state index in [1.54, 1.807) is 13.0 Å². The van der Waals surface area contributed by atoms with Crippen molar-refractivity contribution >= 4 is 49.7 Å². The Morgan fingerprint density at radius 2 is 1.58 bits per heavy atom. The molecule has 1 unspecified atom stereocenters. The number of carbonyl (C=O) groups excluding carboxylic acids is 1. The Kier molecular flexibility index (Phi) is 7.84. The van der Waals surface area contributed by atoms with Gasteiger partial charge in [0.05, 0.1) is 15.5 Å². The number of amides is 1. The SMILES string of the molecule is CCC(Oc1ccc2ccccc2c1)C(=O)Nc1ccc(S(=O)(=O)Nc2ccc(Cl)c(C(F)(F)F)c2)cc1. The van der Waals surface area contributed by atoms with Crippen LogP contribution in [0, 0.1) is 0 Å². The first-order valence-corrected chi connectivity index (χ1v) is 13.3. The number of sulfonamides is 1. The molecule has 198 valence electrons. The van der Waals surface area contributed by atoms with Gasteiger partial charge in [0, 0.05) is 11.4 Å². The Morgan fingerprint density at radius 1 is 0.921 bits per heavy atom. The number of hydrogen-bond donors (Lipinski definition) is 2. The molecule has 0 saturated carbocycles. The minimum absolute atomic E-state index is 0.210. The maximum atomic E-state index is 13.1. The van der Waals surface area contributed by atoms with E-state index in [0.29, 0.717) is 23.9 Å². The van der Waals surface area contributed by atoms with Crippen LogP contribution in [0.15, 0.2) is 89.8 Å². The summed E-state index contributed by atoms with van der Waals surface area (Å²) < 4.78 is 72.7. The molecule has 0 fully saturated rings. The molecule has 4 aromatic rings. The van der Waals surface area contributed by atoms with Crippen LogP contribution in [0.2, 0.25) is 5.02 Å². The van der Waals surface area contributed by atoms with E-state index in [2.05, 4.69) is 10.0 Å². The van der Waals surface area contributed by atoms with Gasteiger partial charge in [-0.2, -0.15) is 13.2 Å². The lowest BCUT2D eigenvalue weighted by Crippen LogP contribution is -2.32. The first-order chi connectivity index (χ1) is 18.0. The predicted octanol–water partition coefficient (Wildman–Crippen LogP) is 7.11. The van der Waals surface area contributed by atoms with Crippen molar-refractivity contribution in [1.29, 1.82) is 0 Å². The molecule has 6 nitrogen and oxygen atoms in total. The van der Waals surface area contributed by atoms with Gasteiger partial charge in [-0.05, 0) is 71.8 Å². The highest BCUT2D eigenvalue weighted by Crippen LogP contribution is 2.36. The Bertz CT molecular complexity index is 1580. The van der Waals surface area contributed by atoms with Gasteiger partial charge in [-0.1, -0.05) is 48.9 Å². The quantitative estimate of drug-likeness (QED) is 0.240. The summed E-state index contributed by atoms with van der Waals surface area (Å²) in [6.07, 6.45) is -5.16. The molecule has 11 heteroatoms. The van der Waals surface area contributed by atoms with Gasteiger partial charge in [-0.15, -0.1) is 0 Å². The number of halogens is 4. The molecule has 0 aromatic heterocycles. The third kappa shape index (κ3) is 6.38. The van der Waals surface area contributed by atoms with Crippen molar-refractivity contribution in [2.24, 2.45) is 0 Å². The van der Waals surface area contributed by atoms with Crippen molar-refractivity contribution in [2.45, 2.75) is 30.5 Å². The van der Waals surface area contributed by atoms with Gasteiger partial charge in [-0.3, -0.25) is 9.52 Å². The molecule has 0 spiro atoms. The molecule has 0 radical (unpaired) electrons. The summed E-state index contributed by atoms with van der Waals surface area (Å²) in [7, 11) is -4.21. The van der Waals surface area contributed by atoms with E-state index in [-0.39, 0.29) is 10.6 Å². The summed E-state index contributed by atoms with van der Waals surface area (Å²) in [4.78, 5) is 12.6. The van der Waals surface area contributed by atoms with Crippen LogP contribution in [0.1, 0.15) is 18.9 Å². The van der Waals surface area contributed by atoms with E-state index in [4.69, 9.17) is 16.3 Å². The molecular formula is C27H22ClF3N2O4S. The van der Waals surface area contributed by atoms with E-state index in [9.17, 15) is 26.4 Å². The molecule has 0 aliphatic carbocycles. The van der Waals surface area contributed by atoms with Crippen LogP contribution in [-0.2, 0) is 21.0 Å². The van der Waals surface area contributed by atoms with Gasteiger partial charge in [0.2, 0.25) is 0 Å². The summed E-state index contributed by atoms with van der Waals surface area (Å²) >= 11 is 5.59. The molecule has 4 rings (SSSR count). The van der Waals surface area contributed by atoms with Gasteiger partial charge >= 0.3 is 6.18 Å². The van der Waals surface area contributed by atoms with E-state index < -0.39 is 38.8 Å². The van der Waals surface area contributed by atoms with Crippen LogP contribution in [0.4, 0.5) is 24.5 Å². The molecule has 0 bridgehead atoms. The number of benzene rings is 4. The Balaban J connectivity index is 1.43. The van der Waals surface area contributed by atoms with Crippen LogP contribution in [0.25, 0.3) is 10.8 Å². The zero-order valence-corrected chi connectivity index (χ0v) is 21.5. The highest BCUT2D eigenvalue weighted by Gasteiger charge is 2.33. The second kappa shape index (κ2) is 10.9. The number of alkyl halides is 3. The summed E-state index contributed by atoms with van der Waals surface area (Å²) in [6, 6.07) is 21.2. The fourth-order valence-corrected chi connectivity index (χ4v) is 4.96. The van der Waals surface area contributed by atoms with Crippen molar-refractivity contribution in [3.05, 3.63) is 95.5 Å². The third-order valence-corrected chi connectivity index (χ3v) is 7.35. The number of anilines is 2. The van der Waals surface area contributed by atoms with Crippen molar-refractivity contribution in [3.63, 3.8) is 0 Å². The smallest absolute Gasteiger partial charge is 0.417 e. The lowest BCUT2D eigenvalue weighted by molar-refractivity contribution is -0.137. The topological polar surface area (TPSA) is 84.5 Å². The first-order valence-electron chi connectivity index (χ1n) is 11.4. The zero-order chi connectivity index (χ0) is 27.5. The van der Waals surface area contributed by atoms with Crippen LogP contribution < -0.4 is 14.8 Å². The number of fused-ring (bicyclic) bond motifs is 1. The van der Waals surface area contributed by atoms with E-state index in [1.165, 1.54) is 24.3 Å². The van der Waals surface area contributed by atoms with Crippen LogP contribution in [0.5, 0.6) is 5.75 Å². The molecule has 2 N–H and O–H groups in total. The lowest BCUT2D eigenvalue weighted by atomic mass is 10.1. The third-order valence-electron chi connectivity index (χ3n) is 5.62. The van der Waals surface area contributed by atoms with Gasteiger partial charge in [0.15, 0.2) is 6.10 Å². The lowest BCUT2D eigenvalue weighted by Gasteiger charge is -2.18. The number of ether oxygens (including phenoxy) is 1. The second-order valence-corrected chi connectivity index (χ2v) is 10.4. The summed E-state index contributed by atoms with van der Waals surface area (Å²) in [5.41, 5.74) is -1.13. The first kappa shape index (κ1) is 27.3. The van der Waals surface area contributed by atoms with E-state index in [1.807, 2.05) is 36.4 Å². The van der Waals surface area contributed by atoms with Crippen molar-refractivity contribution < 1.29 is 31.1 Å². The fraction of sp³-hybridized carbons (Fsp3) is 0.148. The number of hydrogen-bond acceptors (Lipinski definition) is 4. The standard InChI is InChI=1S/C27H22ClF3N2O4S/c1-2-25(37-21-11-7-17-5-3-4-6-18(17)15-21)26(34)32-19-8-12-22(13-9-19)38(35,36)33-20-10-14-24(28)23(16-20)27(29,30)31/h3-16,25,33H,2H2,1H3,(H,32,34). The highest BCUT2D eigenvalue weighted by atomic mass is 35.5. The largest absolute Gasteiger partial charge is 0.481 e. The maximum absolute atomic E-state index is 13.1. The van der Waals surface area contributed by atoms with Crippen molar-refractivity contribution in [2.75, 3.05) is 10.0 Å². The Morgan fingerprint density at radius 3 is 2.24 bits per heavy atom. The average molecular weight is 563 g/mol. The predicted molar refractivity (Wildman–Crippen MR) is 141 cm³/mol. The minimum Gasteiger partial charge on any atom is -0.481 e. The molecular weight excluding hydrogens is 541 g/mol. The molecule has 0 heterocycles. The highest BCUT2D eigenvalue weighted by molar-refractivity contribution is 7.92. The molecule has 1 atom stereocenters. The summed E-state index contributed by atoms with van der Waals surface area (Å²) in [6.45, 7) is 1.80. The molecule has 1 amide bonds. The van der Waals surface area contributed by atoms with Gasteiger partial charge < -0.3 is 10.1 Å². The summed E-state index contributed by atoms with van der Waals surface area (Å²) in [5.74, 6) is 0.115. The van der Waals surface area contributed by atoms with Crippen LogP contribution >= 0.6 is 11.6 Å². The van der Waals surface area contributed by atoms with Crippen molar-refractivity contribution in [3.8, 4) is 5.75 Å². The number of carbonyl (C=O) groups is 1. The number of rotatable bonds is 8. The molecule has 0 saturated heterocycles. The summed E-state index contributed by atoms with van der Waals surface area (Å²) in [5, 5.41) is 4.16. The minimum atomic E-state index is -4.74. The molecule has 4 aromatic carbocycles. The maximum Gasteiger partial charge on any atom is 0.417 e.